The molecule has 0 aromatic carbocycles. The lowest BCUT2D eigenvalue weighted by atomic mass is 10.2. The highest BCUT2D eigenvalue weighted by molar-refractivity contribution is 7.07. The van der Waals surface area contributed by atoms with Gasteiger partial charge in [0.15, 0.2) is 0 Å². The molecule has 0 spiro atoms. The van der Waals surface area contributed by atoms with E-state index < -0.39 is 6.04 Å². The van der Waals surface area contributed by atoms with Gasteiger partial charge in [0.2, 0.25) is 11.8 Å². The van der Waals surface area contributed by atoms with Gasteiger partial charge < -0.3 is 10.2 Å². The summed E-state index contributed by atoms with van der Waals surface area (Å²) < 4.78 is 0. The van der Waals surface area contributed by atoms with Crippen LogP contribution in [-0.4, -0.2) is 41.8 Å². The number of hydrogen-bond acceptors (Lipinski definition) is 4. The molecule has 5 nitrogen and oxygen atoms in total. The van der Waals surface area contributed by atoms with Gasteiger partial charge in [0, 0.05) is 19.5 Å². The van der Waals surface area contributed by atoms with Gasteiger partial charge >= 0.3 is 0 Å². The van der Waals surface area contributed by atoms with Crippen molar-refractivity contribution in [1.82, 2.24) is 15.2 Å². The molecule has 0 aliphatic carbocycles. The van der Waals surface area contributed by atoms with E-state index in [-0.39, 0.29) is 18.2 Å². The third-order valence-corrected chi connectivity index (χ3v) is 2.65. The van der Waals surface area contributed by atoms with Gasteiger partial charge in [-0.2, -0.15) is 0 Å². The van der Waals surface area contributed by atoms with E-state index in [1.807, 2.05) is 5.38 Å². The van der Waals surface area contributed by atoms with Crippen LogP contribution >= 0.6 is 11.3 Å². The molecular weight excluding hydrogens is 226 g/mol. The van der Waals surface area contributed by atoms with Gasteiger partial charge in [-0.15, -0.1) is 11.3 Å². The molecule has 0 aliphatic rings. The predicted octanol–water partition coefficient (Wildman–Crippen LogP) is 0.278. The second-order valence-corrected chi connectivity index (χ2v) is 4.40. The van der Waals surface area contributed by atoms with E-state index in [1.165, 1.54) is 16.2 Å². The van der Waals surface area contributed by atoms with Gasteiger partial charge in [-0.05, 0) is 6.92 Å². The summed E-state index contributed by atoms with van der Waals surface area (Å²) in [6.45, 7) is 1.67. The van der Waals surface area contributed by atoms with E-state index in [4.69, 9.17) is 0 Å². The van der Waals surface area contributed by atoms with Crippen molar-refractivity contribution < 1.29 is 9.59 Å². The second kappa shape index (κ2) is 5.60. The molecule has 88 valence electrons. The number of amides is 2. The number of nitrogens with one attached hydrogen (secondary N) is 1. The van der Waals surface area contributed by atoms with E-state index in [0.717, 1.165) is 5.69 Å². The summed E-state index contributed by atoms with van der Waals surface area (Å²) in [6, 6.07) is -0.499. The van der Waals surface area contributed by atoms with Crippen molar-refractivity contribution in [2.45, 2.75) is 19.4 Å². The number of rotatable bonds is 4. The molecule has 1 unspecified atom stereocenters. The lowest BCUT2D eigenvalue weighted by Gasteiger charge is -2.17. The summed E-state index contributed by atoms with van der Waals surface area (Å²) >= 11 is 1.45. The molecule has 0 bridgehead atoms. The van der Waals surface area contributed by atoms with Crippen LogP contribution in [0.1, 0.15) is 12.6 Å². The molecule has 0 radical (unpaired) electrons. The van der Waals surface area contributed by atoms with Crippen LogP contribution < -0.4 is 5.32 Å². The Morgan fingerprint density at radius 3 is 2.75 bits per heavy atom. The molecule has 2 amide bonds. The average molecular weight is 241 g/mol. The van der Waals surface area contributed by atoms with Crippen LogP contribution in [0.25, 0.3) is 0 Å². The van der Waals surface area contributed by atoms with Crippen molar-refractivity contribution in [1.29, 1.82) is 0 Å². The summed E-state index contributed by atoms with van der Waals surface area (Å²) in [6.07, 6.45) is 0.217. The maximum atomic E-state index is 11.5. The first-order valence-electron chi connectivity index (χ1n) is 4.88. The Morgan fingerprint density at radius 2 is 2.25 bits per heavy atom. The predicted molar refractivity (Wildman–Crippen MR) is 62.1 cm³/mol. The quantitative estimate of drug-likeness (QED) is 0.823. The van der Waals surface area contributed by atoms with Gasteiger partial charge in [0.1, 0.15) is 6.04 Å². The largest absolute Gasteiger partial charge is 0.347 e. The van der Waals surface area contributed by atoms with Gasteiger partial charge in [0.05, 0.1) is 17.6 Å². The van der Waals surface area contributed by atoms with Crippen molar-refractivity contribution in [2.24, 2.45) is 0 Å². The molecule has 1 rings (SSSR count). The van der Waals surface area contributed by atoms with Crippen molar-refractivity contribution in [3.63, 3.8) is 0 Å². The van der Waals surface area contributed by atoms with Gasteiger partial charge in [-0.1, -0.05) is 0 Å². The first kappa shape index (κ1) is 12.6. The minimum absolute atomic E-state index is 0.119. The SMILES string of the molecule is CC(NC(=O)Cc1cscn1)C(=O)N(C)C. The third-order valence-electron chi connectivity index (χ3n) is 2.01. The smallest absolute Gasteiger partial charge is 0.244 e. The van der Waals surface area contributed by atoms with E-state index in [1.54, 1.807) is 26.5 Å². The van der Waals surface area contributed by atoms with Gasteiger partial charge in [0.25, 0.3) is 0 Å². The van der Waals surface area contributed by atoms with E-state index in [2.05, 4.69) is 10.3 Å². The van der Waals surface area contributed by atoms with Crippen LogP contribution in [0, 0.1) is 0 Å². The Hall–Kier alpha value is -1.43. The summed E-state index contributed by atoms with van der Waals surface area (Å²) in [5.41, 5.74) is 2.41. The van der Waals surface area contributed by atoms with Crippen LogP contribution in [0.4, 0.5) is 0 Å². The zero-order valence-electron chi connectivity index (χ0n) is 9.56. The Kier molecular flexibility index (Phi) is 4.42. The maximum Gasteiger partial charge on any atom is 0.244 e. The maximum absolute atomic E-state index is 11.5. The Labute approximate surface area is 98.5 Å². The molecule has 1 N–H and O–H groups in total. The van der Waals surface area contributed by atoms with E-state index >= 15 is 0 Å². The molecule has 0 fully saturated rings. The number of carbonyl (C=O) groups excluding carboxylic acids is 2. The van der Waals surface area contributed by atoms with Crippen molar-refractivity contribution in [3.05, 3.63) is 16.6 Å². The number of nitrogens with zero attached hydrogens (tertiary/aromatic N) is 2. The monoisotopic (exact) mass is 241 g/mol. The van der Waals surface area contributed by atoms with Crippen molar-refractivity contribution >= 4 is 23.2 Å². The summed E-state index contributed by atoms with van der Waals surface area (Å²) in [5.74, 6) is -0.305. The minimum atomic E-state index is -0.499. The fraction of sp³-hybridized carbons (Fsp3) is 0.500. The second-order valence-electron chi connectivity index (χ2n) is 3.68. The van der Waals surface area contributed by atoms with Crippen molar-refractivity contribution in [3.8, 4) is 0 Å². The molecule has 1 aromatic rings. The Bertz CT molecular complexity index is 362. The summed E-state index contributed by atoms with van der Waals surface area (Å²) in [5, 5.41) is 4.45. The number of likely N-dealkylation sites (N-methyl/N-ethyl adjacent to an activating group) is 1. The standard InChI is InChI=1S/C10H15N3O2S/c1-7(10(15)13(2)3)12-9(14)4-8-5-16-6-11-8/h5-7H,4H2,1-3H3,(H,12,14). The number of carbonyl (C=O) groups is 2. The Morgan fingerprint density at radius 1 is 1.56 bits per heavy atom. The first-order chi connectivity index (χ1) is 7.50. The molecule has 6 heteroatoms. The third kappa shape index (κ3) is 3.62. The van der Waals surface area contributed by atoms with Crippen molar-refractivity contribution in [2.75, 3.05) is 14.1 Å². The van der Waals surface area contributed by atoms with Gasteiger partial charge in [-0.3, -0.25) is 9.59 Å². The number of hydrogen-bond donors (Lipinski definition) is 1. The molecule has 16 heavy (non-hydrogen) atoms. The fourth-order valence-corrected chi connectivity index (χ4v) is 1.79. The highest BCUT2D eigenvalue weighted by Crippen LogP contribution is 2.01. The molecule has 1 aromatic heterocycles. The molecule has 1 heterocycles. The lowest BCUT2D eigenvalue weighted by molar-refractivity contribution is -0.133. The topological polar surface area (TPSA) is 62.3 Å². The van der Waals surface area contributed by atoms with Gasteiger partial charge in [-0.25, -0.2) is 4.98 Å². The zero-order chi connectivity index (χ0) is 12.1. The first-order valence-corrected chi connectivity index (χ1v) is 5.82. The number of aromatic nitrogens is 1. The molecule has 0 aliphatic heterocycles. The Balaban J connectivity index is 2.43. The zero-order valence-corrected chi connectivity index (χ0v) is 10.4. The van der Waals surface area contributed by atoms with E-state index in [0.29, 0.717) is 0 Å². The van der Waals surface area contributed by atoms with E-state index in [9.17, 15) is 9.59 Å². The summed E-state index contributed by atoms with van der Waals surface area (Å²) in [4.78, 5) is 28.5. The normalized spacial score (nSPS) is 11.9. The van der Waals surface area contributed by atoms with Crippen LogP contribution in [-0.2, 0) is 16.0 Å². The molecule has 1 atom stereocenters. The van der Waals surface area contributed by atoms with Crippen LogP contribution in [0.15, 0.2) is 10.9 Å². The average Bonchev–Trinajstić information content (AvgIpc) is 2.68. The molecule has 0 saturated heterocycles. The highest BCUT2D eigenvalue weighted by atomic mass is 32.1. The minimum Gasteiger partial charge on any atom is -0.347 e. The molecule has 0 saturated carbocycles. The number of thiazole rings is 1. The molecular formula is C10H15N3O2S. The lowest BCUT2D eigenvalue weighted by Crippen LogP contribution is -2.44. The highest BCUT2D eigenvalue weighted by Gasteiger charge is 2.17. The van der Waals surface area contributed by atoms with Crippen LogP contribution in [0.2, 0.25) is 0 Å². The van der Waals surface area contributed by atoms with Crippen LogP contribution in [0.3, 0.4) is 0 Å². The van der Waals surface area contributed by atoms with Crippen LogP contribution in [0.5, 0.6) is 0 Å². The fourth-order valence-electron chi connectivity index (χ4n) is 1.23. The summed E-state index contributed by atoms with van der Waals surface area (Å²) in [7, 11) is 3.32.